The van der Waals surface area contributed by atoms with Gasteiger partial charge in [-0.3, -0.25) is 4.98 Å². The van der Waals surface area contributed by atoms with Gasteiger partial charge in [0.25, 0.3) is 0 Å². The van der Waals surface area contributed by atoms with Gasteiger partial charge in [-0.25, -0.2) is 0 Å². The zero-order valence-electron chi connectivity index (χ0n) is 10.2. The molecule has 0 spiro atoms. The molecule has 1 aliphatic carbocycles. The van der Waals surface area contributed by atoms with Crippen LogP contribution in [0.3, 0.4) is 0 Å². The maximum absolute atomic E-state index is 4.46. The molecule has 0 saturated heterocycles. The molecule has 0 saturated carbocycles. The minimum Gasteiger partial charge on any atom is -0.256 e. The third-order valence-corrected chi connectivity index (χ3v) is 3.21. The van der Waals surface area contributed by atoms with E-state index in [1.54, 1.807) is 0 Å². The Kier molecular flexibility index (Phi) is 3.05. The molecule has 0 radical (unpaired) electrons. The third kappa shape index (κ3) is 2.25. The van der Waals surface area contributed by atoms with Gasteiger partial charge in [-0.2, -0.15) is 0 Å². The summed E-state index contributed by atoms with van der Waals surface area (Å²) in [5, 5.41) is 2.45. The fraction of sp³-hybridized carbons (Fsp3) is 0.118. The summed E-state index contributed by atoms with van der Waals surface area (Å²) >= 11 is 0. The molecule has 1 aromatic carbocycles. The lowest BCUT2D eigenvalue weighted by Crippen LogP contribution is -1.85. The average molecular weight is 233 g/mol. The second-order valence-electron chi connectivity index (χ2n) is 4.46. The molecule has 1 aliphatic rings. The van der Waals surface area contributed by atoms with Gasteiger partial charge in [-0.1, -0.05) is 48.6 Å². The van der Waals surface area contributed by atoms with Crippen molar-refractivity contribution >= 4 is 16.8 Å². The summed E-state index contributed by atoms with van der Waals surface area (Å²) < 4.78 is 0. The van der Waals surface area contributed by atoms with E-state index in [4.69, 9.17) is 0 Å². The second-order valence-corrected chi connectivity index (χ2v) is 4.46. The van der Waals surface area contributed by atoms with Gasteiger partial charge in [0.2, 0.25) is 0 Å². The molecule has 0 amide bonds. The number of fused-ring (bicyclic) bond motifs is 1. The Morgan fingerprint density at radius 3 is 2.89 bits per heavy atom. The van der Waals surface area contributed by atoms with Crippen LogP contribution < -0.4 is 0 Å². The van der Waals surface area contributed by atoms with Crippen LogP contribution in [0.1, 0.15) is 18.5 Å². The second kappa shape index (κ2) is 5.01. The Labute approximate surface area is 107 Å². The van der Waals surface area contributed by atoms with Crippen LogP contribution in [0.5, 0.6) is 0 Å². The highest BCUT2D eigenvalue weighted by atomic mass is 14.7. The molecule has 0 bridgehead atoms. The fourth-order valence-electron chi connectivity index (χ4n) is 2.22. The molecule has 0 aliphatic heterocycles. The van der Waals surface area contributed by atoms with Crippen molar-refractivity contribution in [3.05, 3.63) is 72.1 Å². The molecule has 0 N–H and O–H groups in total. The largest absolute Gasteiger partial charge is 0.256 e. The number of hydrogen-bond donors (Lipinski definition) is 0. The molecule has 1 aromatic heterocycles. The van der Waals surface area contributed by atoms with Gasteiger partial charge >= 0.3 is 0 Å². The normalized spacial score (nSPS) is 15.2. The van der Waals surface area contributed by atoms with Gasteiger partial charge in [0, 0.05) is 11.6 Å². The molecule has 88 valence electrons. The van der Waals surface area contributed by atoms with Gasteiger partial charge in [0.1, 0.15) is 0 Å². The summed E-state index contributed by atoms with van der Waals surface area (Å²) in [7, 11) is 0. The lowest BCUT2D eigenvalue weighted by molar-refractivity contribution is 0.992. The van der Waals surface area contributed by atoms with Crippen molar-refractivity contribution in [1.82, 2.24) is 4.98 Å². The molecule has 1 nitrogen and oxygen atoms in total. The summed E-state index contributed by atoms with van der Waals surface area (Å²) in [5.41, 5.74) is 2.41. The topological polar surface area (TPSA) is 12.9 Å². The van der Waals surface area contributed by atoms with Gasteiger partial charge in [-0.05, 0) is 35.9 Å². The number of nitrogens with zero attached hydrogens (tertiary/aromatic N) is 1. The SMILES string of the molecule is C1=CCCC(C=Cc2nccc3ccccc23)=C1. The van der Waals surface area contributed by atoms with E-state index in [0.717, 1.165) is 18.5 Å². The van der Waals surface area contributed by atoms with Crippen LogP contribution in [0.2, 0.25) is 0 Å². The predicted octanol–water partition coefficient (Wildman–Crippen LogP) is 4.52. The molecule has 1 heteroatoms. The molecule has 0 fully saturated rings. The molecule has 3 rings (SSSR count). The van der Waals surface area contributed by atoms with Crippen molar-refractivity contribution in [2.24, 2.45) is 0 Å². The van der Waals surface area contributed by atoms with Crippen LogP contribution in [0, 0.1) is 0 Å². The van der Waals surface area contributed by atoms with Gasteiger partial charge in [0.05, 0.1) is 5.69 Å². The highest BCUT2D eigenvalue weighted by Gasteiger charge is 1.99. The van der Waals surface area contributed by atoms with Crippen LogP contribution in [0.4, 0.5) is 0 Å². The van der Waals surface area contributed by atoms with Crippen LogP contribution in [-0.4, -0.2) is 4.98 Å². The van der Waals surface area contributed by atoms with E-state index in [9.17, 15) is 0 Å². The number of rotatable bonds is 2. The Balaban J connectivity index is 1.97. The molecular weight excluding hydrogens is 218 g/mol. The van der Waals surface area contributed by atoms with Crippen LogP contribution in [-0.2, 0) is 0 Å². The van der Waals surface area contributed by atoms with Crippen molar-refractivity contribution in [2.75, 3.05) is 0 Å². The maximum atomic E-state index is 4.46. The summed E-state index contributed by atoms with van der Waals surface area (Å²) in [6.45, 7) is 0. The van der Waals surface area contributed by atoms with Crippen molar-refractivity contribution in [2.45, 2.75) is 12.8 Å². The minimum absolute atomic E-state index is 1.04. The zero-order valence-corrected chi connectivity index (χ0v) is 10.2. The van der Waals surface area contributed by atoms with Crippen molar-refractivity contribution < 1.29 is 0 Å². The quantitative estimate of drug-likeness (QED) is 0.743. The smallest absolute Gasteiger partial charge is 0.0708 e. The highest BCUT2D eigenvalue weighted by molar-refractivity contribution is 5.88. The first-order valence-corrected chi connectivity index (χ1v) is 6.31. The van der Waals surface area contributed by atoms with Crippen LogP contribution >= 0.6 is 0 Å². The lowest BCUT2D eigenvalue weighted by atomic mass is 10.0. The number of hydrogen-bond acceptors (Lipinski definition) is 1. The number of benzene rings is 1. The number of allylic oxidation sites excluding steroid dienone is 5. The Morgan fingerprint density at radius 1 is 1.06 bits per heavy atom. The van der Waals surface area contributed by atoms with E-state index >= 15 is 0 Å². The first-order valence-electron chi connectivity index (χ1n) is 6.31. The van der Waals surface area contributed by atoms with Crippen LogP contribution in [0.15, 0.2) is 66.4 Å². The Hall–Kier alpha value is -2.15. The van der Waals surface area contributed by atoms with Gasteiger partial charge < -0.3 is 0 Å². The van der Waals surface area contributed by atoms with E-state index in [2.05, 4.69) is 65.7 Å². The van der Waals surface area contributed by atoms with E-state index in [0.29, 0.717) is 0 Å². The minimum atomic E-state index is 1.04. The van der Waals surface area contributed by atoms with E-state index < -0.39 is 0 Å². The fourth-order valence-corrected chi connectivity index (χ4v) is 2.22. The third-order valence-electron chi connectivity index (χ3n) is 3.21. The standard InChI is InChI=1S/C17H15N/c1-2-6-14(7-3-1)10-11-17-16-9-5-4-8-15(16)12-13-18-17/h1-2,4-6,8-13H,3,7H2. The summed E-state index contributed by atoms with van der Waals surface area (Å²) in [5.74, 6) is 0. The molecule has 2 aromatic rings. The van der Waals surface area contributed by atoms with Crippen LogP contribution in [0.25, 0.3) is 16.8 Å². The summed E-state index contributed by atoms with van der Waals surface area (Å²) in [4.78, 5) is 4.46. The van der Waals surface area contributed by atoms with Crippen molar-refractivity contribution in [3.8, 4) is 0 Å². The maximum Gasteiger partial charge on any atom is 0.0708 e. The Bertz CT molecular complexity index is 642. The first kappa shape index (κ1) is 11.0. The van der Waals surface area contributed by atoms with E-state index in [1.165, 1.54) is 16.3 Å². The summed E-state index contributed by atoms with van der Waals surface area (Å²) in [6.07, 6.45) is 14.9. The first-order chi connectivity index (χ1) is 8.93. The number of pyridine rings is 1. The molecule has 0 atom stereocenters. The summed E-state index contributed by atoms with van der Waals surface area (Å²) in [6, 6.07) is 10.4. The predicted molar refractivity (Wildman–Crippen MR) is 77.2 cm³/mol. The molecule has 18 heavy (non-hydrogen) atoms. The van der Waals surface area contributed by atoms with Crippen molar-refractivity contribution in [3.63, 3.8) is 0 Å². The zero-order chi connectivity index (χ0) is 12.2. The number of aromatic nitrogens is 1. The van der Waals surface area contributed by atoms with E-state index in [1.807, 2.05) is 6.20 Å². The highest BCUT2D eigenvalue weighted by Crippen LogP contribution is 2.19. The Morgan fingerprint density at radius 2 is 2.00 bits per heavy atom. The van der Waals surface area contributed by atoms with Gasteiger partial charge in [-0.15, -0.1) is 0 Å². The molecule has 0 unspecified atom stereocenters. The molecule has 1 heterocycles. The average Bonchev–Trinajstić information content (AvgIpc) is 2.46. The van der Waals surface area contributed by atoms with Crippen molar-refractivity contribution in [1.29, 1.82) is 0 Å². The molecular formula is C17H15N. The monoisotopic (exact) mass is 233 g/mol. The lowest BCUT2D eigenvalue weighted by Gasteiger charge is -2.04. The van der Waals surface area contributed by atoms with Gasteiger partial charge in [0.15, 0.2) is 0 Å². The van der Waals surface area contributed by atoms with E-state index in [-0.39, 0.29) is 0 Å².